The van der Waals surface area contributed by atoms with Crippen LogP contribution in [0.1, 0.15) is 19.4 Å². The summed E-state index contributed by atoms with van der Waals surface area (Å²) >= 11 is 3.35. The third-order valence-corrected chi connectivity index (χ3v) is 4.68. The van der Waals surface area contributed by atoms with E-state index in [1.54, 1.807) is 38.1 Å². The number of esters is 1. The van der Waals surface area contributed by atoms with Gasteiger partial charge in [-0.25, -0.2) is 4.79 Å². The molecule has 0 saturated heterocycles. The number of anilines is 1. The number of allylic oxidation sites excluding steroid dienone is 1. The zero-order valence-electron chi connectivity index (χ0n) is 14.9. The molecule has 27 heavy (non-hydrogen) atoms. The Morgan fingerprint density at radius 1 is 1.22 bits per heavy atom. The van der Waals surface area contributed by atoms with Gasteiger partial charge in [0.15, 0.2) is 0 Å². The number of hydrogen-bond acceptors (Lipinski definition) is 4. The molecule has 0 radical (unpaired) electrons. The molecule has 2 aromatic rings. The number of rotatable bonds is 4. The van der Waals surface area contributed by atoms with Crippen molar-refractivity contribution in [3.63, 3.8) is 0 Å². The van der Waals surface area contributed by atoms with Crippen LogP contribution in [0.2, 0.25) is 0 Å². The zero-order valence-corrected chi connectivity index (χ0v) is 16.5. The Labute approximate surface area is 165 Å². The maximum atomic E-state index is 13.2. The molecule has 138 valence electrons. The number of ether oxygens (including phenoxy) is 1. The first kappa shape index (κ1) is 18.9. The van der Waals surface area contributed by atoms with Gasteiger partial charge in [0, 0.05) is 21.4 Å². The Morgan fingerprint density at radius 2 is 1.93 bits per heavy atom. The van der Waals surface area contributed by atoms with Crippen molar-refractivity contribution in [2.75, 3.05) is 11.5 Å². The average Bonchev–Trinajstić information content (AvgIpc) is 2.89. The lowest BCUT2D eigenvalue weighted by atomic mass is 10.0. The van der Waals surface area contributed by atoms with Crippen molar-refractivity contribution < 1.29 is 19.4 Å². The molecule has 1 heterocycles. The van der Waals surface area contributed by atoms with Crippen molar-refractivity contribution in [2.45, 2.75) is 13.8 Å². The van der Waals surface area contributed by atoms with Gasteiger partial charge in [0.25, 0.3) is 5.91 Å². The quantitative estimate of drug-likeness (QED) is 0.579. The molecule has 1 N–H and O–H groups in total. The van der Waals surface area contributed by atoms with E-state index in [-0.39, 0.29) is 29.4 Å². The van der Waals surface area contributed by atoms with E-state index in [2.05, 4.69) is 15.9 Å². The minimum atomic E-state index is -0.567. The summed E-state index contributed by atoms with van der Waals surface area (Å²) in [5, 5.41) is 10.1. The summed E-state index contributed by atoms with van der Waals surface area (Å²) < 4.78 is 5.91. The number of halogens is 1. The second kappa shape index (κ2) is 7.80. The monoisotopic (exact) mass is 427 g/mol. The Hall–Kier alpha value is -2.86. The second-order valence-electron chi connectivity index (χ2n) is 5.92. The molecule has 1 aliphatic heterocycles. The van der Waals surface area contributed by atoms with Gasteiger partial charge in [-0.3, -0.25) is 9.69 Å². The molecule has 0 bridgehead atoms. The molecule has 3 rings (SSSR count). The normalized spacial score (nSPS) is 15.6. The van der Waals surface area contributed by atoms with Crippen molar-refractivity contribution in [2.24, 2.45) is 0 Å². The minimum absolute atomic E-state index is 0.0116. The second-order valence-corrected chi connectivity index (χ2v) is 6.83. The van der Waals surface area contributed by atoms with E-state index in [0.717, 1.165) is 4.47 Å². The first-order chi connectivity index (χ1) is 12.9. The van der Waals surface area contributed by atoms with E-state index >= 15 is 0 Å². The first-order valence-corrected chi connectivity index (χ1v) is 9.21. The van der Waals surface area contributed by atoms with Crippen LogP contribution in [0.4, 0.5) is 5.69 Å². The molecule has 0 spiro atoms. The van der Waals surface area contributed by atoms with Gasteiger partial charge in [0.2, 0.25) is 0 Å². The molecule has 5 nitrogen and oxygen atoms in total. The molecular formula is C21H18BrNO4. The summed E-state index contributed by atoms with van der Waals surface area (Å²) in [4.78, 5) is 27.2. The Balaban J connectivity index is 2.17. The molecule has 6 heteroatoms. The molecular weight excluding hydrogens is 410 g/mol. The number of hydrogen-bond donors (Lipinski definition) is 1. The topological polar surface area (TPSA) is 66.8 Å². The molecule has 0 atom stereocenters. The maximum absolute atomic E-state index is 13.2. The van der Waals surface area contributed by atoms with Crippen LogP contribution < -0.4 is 4.90 Å². The summed E-state index contributed by atoms with van der Waals surface area (Å²) in [5.74, 6) is -0.902. The number of benzene rings is 2. The number of carbonyl (C=O) groups is 2. The van der Waals surface area contributed by atoms with Crippen LogP contribution in [-0.4, -0.2) is 23.6 Å². The predicted molar refractivity (Wildman–Crippen MR) is 107 cm³/mol. The fourth-order valence-electron chi connectivity index (χ4n) is 2.97. The maximum Gasteiger partial charge on any atom is 0.340 e. The van der Waals surface area contributed by atoms with Gasteiger partial charge < -0.3 is 9.84 Å². The Kier molecular flexibility index (Phi) is 5.46. The smallest absolute Gasteiger partial charge is 0.340 e. The number of nitrogens with zero attached hydrogens (tertiary/aromatic N) is 1. The molecule has 1 amide bonds. The molecule has 0 saturated carbocycles. The van der Waals surface area contributed by atoms with E-state index in [0.29, 0.717) is 16.9 Å². The van der Waals surface area contributed by atoms with E-state index in [9.17, 15) is 14.7 Å². The highest BCUT2D eigenvalue weighted by molar-refractivity contribution is 9.10. The van der Waals surface area contributed by atoms with E-state index in [4.69, 9.17) is 4.74 Å². The van der Waals surface area contributed by atoms with Crippen molar-refractivity contribution in [3.8, 4) is 5.75 Å². The molecule has 1 aliphatic rings. The van der Waals surface area contributed by atoms with Gasteiger partial charge in [0.05, 0.1) is 17.8 Å². The molecule has 0 aromatic heterocycles. The van der Waals surface area contributed by atoms with Crippen LogP contribution in [0, 0.1) is 0 Å². The van der Waals surface area contributed by atoms with Crippen molar-refractivity contribution in [3.05, 3.63) is 75.4 Å². The van der Waals surface area contributed by atoms with Crippen LogP contribution in [0.5, 0.6) is 5.75 Å². The third-order valence-electron chi connectivity index (χ3n) is 4.18. The number of amides is 1. The standard InChI is InChI=1S/C21H18BrNO4/c1-3-27-21(26)19-13(2)23(16-7-5-4-6-8-16)20(25)17(19)12-14-11-15(22)9-10-18(14)24/h4-12,24H,3H2,1-2H3/b17-12-. The number of phenolic OH excluding ortho intramolecular Hbond substituents is 1. The SMILES string of the molecule is CCOC(=O)C1=C(C)N(c2ccccc2)C(=O)/C1=C\c1cc(Br)ccc1O. The summed E-state index contributed by atoms with van der Waals surface area (Å²) in [6, 6.07) is 14.0. The van der Waals surface area contributed by atoms with Gasteiger partial charge in [-0.2, -0.15) is 0 Å². The van der Waals surface area contributed by atoms with Crippen LogP contribution in [-0.2, 0) is 14.3 Å². The highest BCUT2D eigenvalue weighted by Crippen LogP contribution is 2.36. The highest BCUT2D eigenvalue weighted by atomic mass is 79.9. The zero-order chi connectivity index (χ0) is 19.6. The van der Waals surface area contributed by atoms with Crippen LogP contribution in [0.3, 0.4) is 0 Å². The van der Waals surface area contributed by atoms with Crippen molar-refractivity contribution in [1.82, 2.24) is 0 Å². The lowest BCUT2D eigenvalue weighted by Crippen LogP contribution is -2.24. The summed E-state index contributed by atoms with van der Waals surface area (Å²) in [6.45, 7) is 3.62. The van der Waals surface area contributed by atoms with Gasteiger partial charge >= 0.3 is 5.97 Å². The fraction of sp³-hybridized carbons (Fsp3) is 0.143. The van der Waals surface area contributed by atoms with E-state index < -0.39 is 5.97 Å². The number of aromatic hydroxyl groups is 1. The van der Waals surface area contributed by atoms with Crippen LogP contribution >= 0.6 is 15.9 Å². The lowest BCUT2D eigenvalue weighted by molar-refractivity contribution is -0.138. The van der Waals surface area contributed by atoms with Gasteiger partial charge in [-0.05, 0) is 50.3 Å². The van der Waals surface area contributed by atoms with Crippen molar-refractivity contribution >= 4 is 39.6 Å². The largest absolute Gasteiger partial charge is 0.507 e. The molecule has 0 unspecified atom stereocenters. The predicted octanol–water partition coefficient (Wildman–Crippen LogP) is 4.42. The van der Waals surface area contributed by atoms with Crippen LogP contribution in [0.15, 0.2) is 69.8 Å². The molecule has 0 aliphatic carbocycles. The Bertz CT molecular complexity index is 963. The van der Waals surface area contributed by atoms with Gasteiger partial charge in [-0.1, -0.05) is 34.1 Å². The van der Waals surface area contributed by atoms with Crippen LogP contribution in [0.25, 0.3) is 6.08 Å². The fourth-order valence-corrected chi connectivity index (χ4v) is 3.34. The molecule has 0 fully saturated rings. The first-order valence-electron chi connectivity index (χ1n) is 8.42. The summed E-state index contributed by atoms with van der Waals surface area (Å²) in [7, 11) is 0. The number of carbonyl (C=O) groups excluding carboxylic acids is 2. The minimum Gasteiger partial charge on any atom is -0.507 e. The third kappa shape index (κ3) is 3.66. The average molecular weight is 428 g/mol. The number of phenols is 1. The van der Waals surface area contributed by atoms with Gasteiger partial charge in [0.1, 0.15) is 5.75 Å². The van der Waals surface area contributed by atoms with Crippen molar-refractivity contribution in [1.29, 1.82) is 0 Å². The van der Waals surface area contributed by atoms with E-state index in [1.165, 1.54) is 17.0 Å². The lowest BCUT2D eigenvalue weighted by Gasteiger charge is -2.17. The highest BCUT2D eigenvalue weighted by Gasteiger charge is 2.38. The molecule has 2 aromatic carbocycles. The Morgan fingerprint density at radius 3 is 2.59 bits per heavy atom. The van der Waals surface area contributed by atoms with Gasteiger partial charge in [-0.15, -0.1) is 0 Å². The summed E-state index contributed by atoms with van der Waals surface area (Å²) in [5.41, 5.74) is 1.96. The summed E-state index contributed by atoms with van der Waals surface area (Å²) in [6.07, 6.45) is 1.52. The number of para-hydroxylation sites is 1. The van der Waals surface area contributed by atoms with E-state index in [1.807, 2.05) is 18.2 Å².